The van der Waals surface area contributed by atoms with Crippen LogP contribution in [0.2, 0.25) is 0 Å². The summed E-state index contributed by atoms with van der Waals surface area (Å²) in [4.78, 5) is 30.4. The minimum absolute atomic E-state index is 0.0563. The molecular formula is C29H36F3N5O2. The molecule has 4 unspecified atom stereocenters. The summed E-state index contributed by atoms with van der Waals surface area (Å²) in [6, 6.07) is 9.46. The molecule has 2 aromatic carbocycles. The van der Waals surface area contributed by atoms with Crippen molar-refractivity contribution in [2.75, 3.05) is 50.0 Å². The van der Waals surface area contributed by atoms with Crippen LogP contribution in [-0.4, -0.2) is 68.6 Å². The maximum Gasteiger partial charge on any atom is 0.416 e. The second kappa shape index (κ2) is 10.8. The van der Waals surface area contributed by atoms with Gasteiger partial charge < -0.3 is 25.8 Å². The van der Waals surface area contributed by atoms with Crippen LogP contribution in [0.25, 0.3) is 0 Å². The van der Waals surface area contributed by atoms with Gasteiger partial charge in [-0.15, -0.1) is 0 Å². The molecule has 5 rings (SSSR count). The van der Waals surface area contributed by atoms with Gasteiger partial charge in [0.15, 0.2) is 0 Å². The monoisotopic (exact) mass is 543 g/mol. The van der Waals surface area contributed by atoms with E-state index >= 15 is 0 Å². The Morgan fingerprint density at radius 3 is 2.54 bits per heavy atom. The fourth-order valence-electron chi connectivity index (χ4n) is 6.22. The number of rotatable bonds is 4. The van der Waals surface area contributed by atoms with Crippen LogP contribution in [0.4, 0.5) is 24.5 Å². The Kier molecular flexibility index (Phi) is 7.61. The Balaban J connectivity index is 1.40. The molecule has 0 bridgehead atoms. The first-order valence-corrected chi connectivity index (χ1v) is 13.6. The Labute approximate surface area is 227 Å². The van der Waals surface area contributed by atoms with E-state index in [9.17, 15) is 22.8 Å². The van der Waals surface area contributed by atoms with E-state index in [1.807, 2.05) is 29.8 Å². The smallest absolute Gasteiger partial charge is 0.369 e. The summed E-state index contributed by atoms with van der Waals surface area (Å²) in [6.45, 7) is 7.36. The molecule has 3 saturated heterocycles. The molecule has 3 aliphatic rings. The zero-order chi connectivity index (χ0) is 27.9. The third-order valence-corrected chi connectivity index (χ3v) is 8.45. The van der Waals surface area contributed by atoms with Crippen LogP contribution in [0, 0.1) is 12.8 Å². The summed E-state index contributed by atoms with van der Waals surface area (Å²) < 4.78 is 41.1. The third kappa shape index (κ3) is 5.77. The highest BCUT2D eigenvalue weighted by Crippen LogP contribution is 2.39. The molecule has 3 aliphatic heterocycles. The number of halogens is 3. The predicted molar refractivity (Wildman–Crippen MR) is 145 cm³/mol. The first kappa shape index (κ1) is 27.5. The molecule has 2 aromatic rings. The van der Waals surface area contributed by atoms with Gasteiger partial charge in [-0.2, -0.15) is 13.2 Å². The fourth-order valence-corrected chi connectivity index (χ4v) is 6.22. The summed E-state index contributed by atoms with van der Waals surface area (Å²) in [6.07, 6.45) is -2.94. The average molecular weight is 544 g/mol. The number of piperazine rings is 1. The first-order chi connectivity index (χ1) is 18.5. The summed E-state index contributed by atoms with van der Waals surface area (Å²) in [5.41, 5.74) is 1.70. The first-order valence-electron chi connectivity index (χ1n) is 13.6. The number of hydrogen-bond donors (Lipinski definition) is 3. The molecule has 0 spiro atoms. The number of hydrogen-bond acceptors (Lipinski definition) is 5. The molecule has 3 heterocycles. The van der Waals surface area contributed by atoms with E-state index in [-0.39, 0.29) is 23.4 Å². The number of benzene rings is 2. The zero-order valence-corrected chi connectivity index (χ0v) is 22.6. The summed E-state index contributed by atoms with van der Waals surface area (Å²) in [5, 5.41) is 9.49. The molecular weight excluding hydrogens is 507 g/mol. The van der Waals surface area contributed by atoms with E-state index in [1.165, 1.54) is 6.07 Å². The molecule has 2 amide bonds. The van der Waals surface area contributed by atoms with Gasteiger partial charge in [0.05, 0.1) is 11.5 Å². The number of alkyl halides is 3. The Morgan fingerprint density at radius 2 is 1.82 bits per heavy atom. The van der Waals surface area contributed by atoms with Gasteiger partial charge >= 0.3 is 6.18 Å². The molecule has 0 saturated carbocycles. The van der Waals surface area contributed by atoms with Crippen molar-refractivity contribution in [2.45, 2.75) is 50.9 Å². The standard InChI is InChI=1S/C29H36F3N5O2/c1-17-4-5-22(15-24(17)25-13-20-16-34-18(2)10-26(20)36(3)28(25)39)35-27(38)19-11-21(29(30,31)32)14-23(12-19)37-8-6-33-7-9-37/h4-5,11-12,14-15,18,20,25-26,33-34H,6-10,13,16H2,1-3H3,(H,35,38). The number of carbonyl (C=O) groups is 2. The van der Waals surface area contributed by atoms with Crippen LogP contribution >= 0.6 is 0 Å². The highest BCUT2D eigenvalue weighted by atomic mass is 19.4. The molecule has 0 aromatic heterocycles. The molecule has 39 heavy (non-hydrogen) atoms. The van der Waals surface area contributed by atoms with Crippen molar-refractivity contribution in [2.24, 2.45) is 5.92 Å². The molecule has 7 nitrogen and oxygen atoms in total. The maximum atomic E-state index is 13.7. The lowest BCUT2D eigenvalue weighted by Crippen LogP contribution is -2.57. The zero-order valence-electron chi connectivity index (χ0n) is 22.6. The van der Waals surface area contributed by atoms with Crippen LogP contribution in [0.1, 0.15) is 52.7 Å². The van der Waals surface area contributed by atoms with E-state index < -0.39 is 17.6 Å². The van der Waals surface area contributed by atoms with Gasteiger partial charge in [-0.3, -0.25) is 9.59 Å². The average Bonchev–Trinajstić information content (AvgIpc) is 2.92. The number of nitrogens with zero attached hydrogens (tertiary/aromatic N) is 2. The normalized spacial score (nSPS) is 25.8. The molecule has 0 aliphatic carbocycles. The number of likely N-dealkylation sites (tertiary alicyclic amines) is 1. The van der Waals surface area contributed by atoms with Crippen LogP contribution in [0.5, 0.6) is 0 Å². The van der Waals surface area contributed by atoms with Crippen LogP contribution in [0.3, 0.4) is 0 Å². The lowest BCUT2D eigenvalue weighted by atomic mass is 9.75. The Hall–Kier alpha value is -3.11. The lowest BCUT2D eigenvalue weighted by Gasteiger charge is -2.47. The molecule has 3 N–H and O–H groups in total. The number of carbonyl (C=O) groups excluding carboxylic acids is 2. The quantitative estimate of drug-likeness (QED) is 0.544. The van der Waals surface area contributed by atoms with Gasteiger partial charge in [0.25, 0.3) is 5.91 Å². The largest absolute Gasteiger partial charge is 0.416 e. The second-order valence-corrected chi connectivity index (χ2v) is 11.1. The van der Waals surface area contributed by atoms with Crippen molar-refractivity contribution in [3.05, 3.63) is 58.7 Å². The Morgan fingerprint density at radius 1 is 1.08 bits per heavy atom. The fraction of sp³-hybridized carbons (Fsp3) is 0.517. The van der Waals surface area contributed by atoms with Crippen LogP contribution < -0.4 is 20.9 Å². The number of anilines is 2. The van der Waals surface area contributed by atoms with E-state index in [0.717, 1.165) is 36.2 Å². The molecule has 10 heteroatoms. The van der Waals surface area contributed by atoms with Crippen molar-refractivity contribution in [1.29, 1.82) is 0 Å². The van der Waals surface area contributed by atoms with Crippen molar-refractivity contribution in [1.82, 2.24) is 15.5 Å². The van der Waals surface area contributed by atoms with Gasteiger partial charge in [-0.1, -0.05) is 6.07 Å². The van der Waals surface area contributed by atoms with Gasteiger partial charge in [0, 0.05) is 68.8 Å². The molecule has 210 valence electrons. The minimum atomic E-state index is -4.58. The minimum Gasteiger partial charge on any atom is -0.369 e. The highest BCUT2D eigenvalue weighted by Gasteiger charge is 2.43. The summed E-state index contributed by atoms with van der Waals surface area (Å²) in [7, 11) is 1.87. The van der Waals surface area contributed by atoms with Crippen LogP contribution in [-0.2, 0) is 11.0 Å². The number of aryl methyl sites for hydroxylation is 1. The SMILES string of the molecule is Cc1ccc(NC(=O)c2cc(N3CCNCC3)cc(C(F)(F)F)c2)cc1C1CC2CNC(C)CC2N(C)C1=O. The summed E-state index contributed by atoms with van der Waals surface area (Å²) in [5.74, 6) is -0.559. The van der Waals surface area contributed by atoms with Crippen molar-refractivity contribution >= 4 is 23.2 Å². The second-order valence-electron chi connectivity index (χ2n) is 11.1. The van der Waals surface area contributed by atoms with Gasteiger partial charge in [-0.05, 0) is 74.1 Å². The maximum absolute atomic E-state index is 13.7. The number of nitrogens with one attached hydrogen (secondary N) is 3. The highest BCUT2D eigenvalue weighted by molar-refractivity contribution is 6.05. The summed E-state index contributed by atoms with van der Waals surface area (Å²) >= 11 is 0. The van der Waals surface area contributed by atoms with E-state index in [0.29, 0.717) is 55.9 Å². The van der Waals surface area contributed by atoms with E-state index in [1.54, 1.807) is 12.1 Å². The van der Waals surface area contributed by atoms with Crippen molar-refractivity contribution in [3.63, 3.8) is 0 Å². The lowest BCUT2D eigenvalue weighted by molar-refractivity contribution is -0.140. The molecule has 3 fully saturated rings. The topological polar surface area (TPSA) is 76.7 Å². The number of fused-ring (bicyclic) bond motifs is 1. The van der Waals surface area contributed by atoms with Crippen molar-refractivity contribution < 1.29 is 22.8 Å². The third-order valence-electron chi connectivity index (χ3n) is 8.45. The van der Waals surface area contributed by atoms with Crippen LogP contribution in [0.15, 0.2) is 36.4 Å². The number of likely N-dealkylation sites (N-methyl/N-ethyl adjacent to an activating group) is 1. The van der Waals surface area contributed by atoms with E-state index in [2.05, 4.69) is 22.9 Å². The van der Waals surface area contributed by atoms with E-state index in [4.69, 9.17) is 0 Å². The molecule has 4 atom stereocenters. The number of amides is 2. The molecule has 0 radical (unpaired) electrons. The predicted octanol–water partition coefficient (Wildman–Crippen LogP) is 3.99. The number of piperidine rings is 2. The Bertz CT molecular complexity index is 1240. The van der Waals surface area contributed by atoms with Gasteiger partial charge in [0.1, 0.15) is 0 Å². The van der Waals surface area contributed by atoms with Gasteiger partial charge in [0.2, 0.25) is 5.91 Å². The van der Waals surface area contributed by atoms with Gasteiger partial charge in [-0.25, -0.2) is 0 Å². The van der Waals surface area contributed by atoms with Crippen molar-refractivity contribution in [3.8, 4) is 0 Å².